The molecule has 348 valence electrons. The highest BCUT2D eigenvalue weighted by Gasteiger charge is 2.26. The van der Waals surface area contributed by atoms with Crippen molar-refractivity contribution in [3.05, 3.63) is 101 Å². The molecular weight excluding hydrogens is 859 g/mol. The lowest BCUT2D eigenvalue weighted by Crippen LogP contribution is -2.53. The number of aromatic nitrogens is 2. The quantitative estimate of drug-likeness (QED) is 0.0233. The highest BCUT2D eigenvalue weighted by molar-refractivity contribution is 7.47. The number of carbonyl (C=O) groups excluding carboxylic acids is 4. The molecule has 3 aromatic carbocycles. The number of aromatic amines is 2. The van der Waals surface area contributed by atoms with Gasteiger partial charge in [-0.2, -0.15) is 0 Å². The summed E-state index contributed by atoms with van der Waals surface area (Å²) in [5, 5.41) is 13.2. The van der Waals surface area contributed by atoms with Crippen LogP contribution in [-0.2, 0) is 41.1 Å². The van der Waals surface area contributed by atoms with Gasteiger partial charge in [0, 0.05) is 60.7 Å². The molecule has 0 fully saturated rings. The molecule has 5 rings (SSSR count). The second-order valence-corrected chi connectivity index (χ2v) is 17.0. The smallest absolute Gasteiger partial charge is 0.403 e. The van der Waals surface area contributed by atoms with Gasteiger partial charge in [-0.05, 0) is 80.2 Å². The average molecular weight is 923 g/mol. The van der Waals surface area contributed by atoms with Crippen molar-refractivity contribution in [2.75, 3.05) is 45.9 Å². The van der Waals surface area contributed by atoms with E-state index in [1.54, 1.807) is 12.1 Å². The Morgan fingerprint density at radius 3 is 2.19 bits per heavy atom. The fourth-order valence-corrected chi connectivity index (χ4v) is 7.87. The molecule has 0 aliphatic heterocycles. The summed E-state index contributed by atoms with van der Waals surface area (Å²) in [4.78, 5) is 70.1. The largest absolute Gasteiger partial charge is 0.527 e. The highest BCUT2D eigenvalue weighted by atomic mass is 35.5. The number of rotatable bonds is 26. The Hall–Kier alpha value is -5.22. The number of phosphoric acid groups is 1. The standard InChI is InChI=1S/C40H49ClN7O8P.C6H15N/c41-31-14-5-8-17-36(31)56-57(53,54)55-21-10-2-1-9-19-43-38(50)26-46-37(49)18-11-20-44-40(52)35(23-28-25-45-34-16-7-4-13-30(28)34)48-39(51)32(42)24-29-22-27-12-3-6-15-33(27)47-29;1-4-7(5-2)6-3/h3-8,12-17,22,25,32,35,45,47H,1-2,9-11,18-21,23-24,26,42H2,(H,43,50)(H,44,52)(H,46,49)(H,48,51)(H,53,54);4-6H2,1-3H3/t32-,35-;/m1./s1. The summed E-state index contributed by atoms with van der Waals surface area (Å²) in [6, 6.07) is 21.9. The van der Waals surface area contributed by atoms with Gasteiger partial charge in [-0.15, -0.1) is 0 Å². The second kappa shape index (κ2) is 27.2. The van der Waals surface area contributed by atoms with E-state index in [2.05, 4.69) is 56.9 Å². The summed E-state index contributed by atoms with van der Waals surface area (Å²) in [5.41, 5.74) is 9.83. The molecule has 0 spiro atoms. The van der Waals surface area contributed by atoms with Gasteiger partial charge in [0.25, 0.3) is 0 Å². The molecule has 0 aliphatic carbocycles. The van der Waals surface area contributed by atoms with Crippen molar-refractivity contribution in [2.45, 2.75) is 84.2 Å². The third kappa shape index (κ3) is 17.7. The van der Waals surface area contributed by atoms with Crippen LogP contribution in [0.25, 0.3) is 21.8 Å². The normalized spacial score (nSPS) is 13.0. The summed E-state index contributed by atoms with van der Waals surface area (Å²) < 4.78 is 22.1. The van der Waals surface area contributed by atoms with Crippen LogP contribution in [0, 0.1) is 0 Å². The molecule has 2 heterocycles. The summed E-state index contributed by atoms with van der Waals surface area (Å²) in [5.74, 6) is -1.49. The maximum absolute atomic E-state index is 13.4. The van der Waals surface area contributed by atoms with Gasteiger partial charge in [0.2, 0.25) is 23.6 Å². The van der Waals surface area contributed by atoms with E-state index >= 15 is 0 Å². The van der Waals surface area contributed by atoms with E-state index in [-0.39, 0.29) is 61.5 Å². The number of fused-ring (bicyclic) bond motifs is 2. The minimum Gasteiger partial charge on any atom is -0.403 e. The van der Waals surface area contributed by atoms with Crippen LogP contribution in [0.15, 0.2) is 85.1 Å². The molecular formula is C46H64ClN8O8P. The predicted molar refractivity (Wildman–Crippen MR) is 252 cm³/mol. The Balaban J connectivity index is 0.00000118. The average Bonchev–Trinajstić information content (AvgIpc) is 3.90. The fraction of sp³-hybridized carbons (Fsp3) is 0.435. The summed E-state index contributed by atoms with van der Waals surface area (Å²) in [6.45, 7) is 10.5. The van der Waals surface area contributed by atoms with Crippen molar-refractivity contribution in [3.8, 4) is 5.75 Å². The number of nitrogens with two attached hydrogens (primary N) is 1. The number of halogens is 1. The molecule has 9 N–H and O–H groups in total. The van der Waals surface area contributed by atoms with Gasteiger partial charge in [-0.25, -0.2) is 4.57 Å². The number of carbonyl (C=O) groups is 4. The zero-order valence-corrected chi connectivity index (χ0v) is 38.6. The molecule has 0 saturated heterocycles. The third-order valence-electron chi connectivity index (χ3n) is 10.5. The molecule has 2 aromatic heterocycles. The number of hydrogen-bond acceptors (Lipinski definition) is 9. The number of H-pyrrole nitrogens is 2. The number of unbranched alkanes of at least 4 members (excludes halogenated alkanes) is 3. The van der Waals surface area contributed by atoms with Crippen molar-refractivity contribution in [2.24, 2.45) is 5.73 Å². The molecule has 16 nitrogen and oxygen atoms in total. The molecule has 18 heteroatoms. The number of amides is 4. The lowest BCUT2D eigenvalue weighted by atomic mass is 10.0. The molecule has 5 aromatic rings. The maximum Gasteiger partial charge on any atom is 0.527 e. The van der Waals surface area contributed by atoms with Crippen LogP contribution in [0.2, 0.25) is 5.02 Å². The topological polar surface area (TPSA) is 233 Å². The number of nitrogens with zero attached hydrogens (tertiary/aromatic N) is 1. The molecule has 0 aliphatic rings. The van der Waals surface area contributed by atoms with Crippen LogP contribution >= 0.6 is 19.4 Å². The van der Waals surface area contributed by atoms with Gasteiger partial charge < -0.3 is 46.4 Å². The molecule has 3 atom stereocenters. The zero-order chi connectivity index (χ0) is 46.3. The van der Waals surface area contributed by atoms with E-state index in [9.17, 15) is 28.6 Å². The van der Waals surface area contributed by atoms with E-state index in [1.807, 2.05) is 60.8 Å². The Labute approximate surface area is 380 Å². The van der Waals surface area contributed by atoms with Crippen LogP contribution in [0.5, 0.6) is 5.75 Å². The van der Waals surface area contributed by atoms with E-state index in [0.717, 1.165) is 39.5 Å². The first kappa shape index (κ1) is 51.4. The Kier molecular flexibility index (Phi) is 21.8. The number of benzene rings is 3. The first-order chi connectivity index (χ1) is 30.8. The minimum atomic E-state index is -4.30. The van der Waals surface area contributed by atoms with Crippen molar-refractivity contribution >= 4 is 64.9 Å². The molecule has 0 bridgehead atoms. The van der Waals surface area contributed by atoms with Gasteiger partial charge in [0.05, 0.1) is 24.2 Å². The molecule has 64 heavy (non-hydrogen) atoms. The van der Waals surface area contributed by atoms with Gasteiger partial charge in [0.1, 0.15) is 11.8 Å². The second-order valence-electron chi connectivity index (χ2n) is 15.2. The number of hydrogen-bond donors (Lipinski definition) is 8. The monoisotopic (exact) mass is 922 g/mol. The van der Waals surface area contributed by atoms with Crippen molar-refractivity contribution in [3.63, 3.8) is 0 Å². The number of nitrogens with one attached hydrogen (secondary N) is 6. The van der Waals surface area contributed by atoms with E-state index in [0.29, 0.717) is 32.2 Å². The SMILES string of the molecule is CCN(CC)CC.N[C@H](Cc1cc2ccccc2[nH]1)C(=O)N[C@H](Cc1c[nH]c2ccccc12)C(=O)NCCCC(=O)NCC(=O)NCCCCCCOP(=O)(O)Oc1ccccc1Cl. The predicted octanol–water partition coefficient (Wildman–Crippen LogP) is 6.13. The molecule has 0 radical (unpaired) electrons. The van der Waals surface area contributed by atoms with Gasteiger partial charge >= 0.3 is 7.82 Å². The third-order valence-corrected chi connectivity index (χ3v) is 11.7. The van der Waals surface area contributed by atoms with E-state index in [4.69, 9.17) is 26.4 Å². The Morgan fingerprint density at radius 2 is 1.47 bits per heavy atom. The Bertz CT molecular complexity index is 2240. The van der Waals surface area contributed by atoms with Gasteiger partial charge in [-0.3, -0.25) is 28.6 Å². The lowest BCUT2D eigenvalue weighted by Gasteiger charge is -2.20. The van der Waals surface area contributed by atoms with Gasteiger partial charge in [-0.1, -0.05) is 93.7 Å². The van der Waals surface area contributed by atoms with Crippen molar-refractivity contribution in [1.29, 1.82) is 0 Å². The first-order valence-corrected chi connectivity index (χ1v) is 23.8. The van der Waals surface area contributed by atoms with Crippen LogP contribution in [0.1, 0.15) is 70.6 Å². The highest BCUT2D eigenvalue weighted by Crippen LogP contribution is 2.45. The van der Waals surface area contributed by atoms with Crippen LogP contribution < -0.4 is 31.5 Å². The van der Waals surface area contributed by atoms with Gasteiger partial charge in [0.15, 0.2) is 0 Å². The van der Waals surface area contributed by atoms with E-state index < -0.39 is 31.7 Å². The van der Waals surface area contributed by atoms with Crippen LogP contribution in [-0.4, -0.2) is 101 Å². The minimum absolute atomic E-state index is 0.0181. The molecule has 0 saturated carbocycles. The first-order valence-electron chi connectivity index (χ1n) is 21.9. The molecule has 4 amide bonds. The Morgan fingerprint density at radius 1 is 0.797 bits per heavy atom. The fourth-order valence-electron chi connectivity index (χ4n) is 6.82. The maximum atomic E-state index is 13.4. The van der Waals surface area contributed by atoms with Crippen LogP contribution in [0.4, 0.5) is 0 Å². The van der Waals surface area contributed by atoms with Crippen molar-refractivity contribution < 1.29 is 37.7 Å². The van der Waals surface area contributed by atoms with Crippen LogP contribution in [0.3, 0.4) is 0 Å². The summed E-state index contributed by atoms with van der Waals surface area (Å²) >= 11 is 5.94. The number of phosphoric ester groups is 1. The summed E-state index contributed by atoms with van der Waals surface area (Å²) in [6.07, 6.45) is 5.32. The summed E-state index contributed by atoms with van der Waals surface area (Å²) in [7, 11) is -4.30. The molecule has 1 unspecified atom stereocenters. The van der Waals surface area contributed by atoms with E-state index in [1.165, 1.54) is 31.8 Å². The lowest BCUT2D eigenvalue weighted by molar-refractivity contribution is -0.129. The van der Waals surface area contributed by atoms with Crippen molar-refractivity contribution in [1.82, 2.24) is 36.1 Å². The zero-order valence-electron chi connectivity index (χ0n) is 37.0. The number of para-hydroxylation sites is 3.